The highest BCUT2D eigenvalue weighted by Gasteiger charge is 2.21. The molecule has 0 fully saturated rings. The van der Waals surface area contributed by atoms with Crippen LogP contribution in [0.2, 0.25) is 0 Å². The molecule has 2 heterocycles. The maximum atomic E-state index is 13.4. The number of pyridine rings is 1. The minimum absolute atomic E-state index is 0.154. The van der Waals surface area contributed by atoms with E-state index >= 15 is 0 Å². The van der Waals surface area contributed by atoms with Gasteiger partial charge in [-0.3, -0.25) is 9.59 Å². The molecule has 1 aliphatic heterocycles. The summed E-state index contributed by atoms with van der Waals surface area (Å²) >= 11 is 0. The Morgan fingerprint density at radius 3 is 2.50 bits per heavy atom. The summed E-state index contributed by atoms with van der Waals surface area (Å²) in [6, 6.07) is 16.6. The fourth-order valence-electron chi connectivity index (χ4n) is 3.34. The van der Waals surface area contributed by atoms with Crippen LogP contribution in [0.4, 0.5) is 0 Å². The number of hydrogen-bond acceptors (Lipinski definition) is 4. The Kier molecular flexibility index (Phi) is 4.57. The van der Waals surface area contributed by atoms with Crippen LogP contribution in [0.1, 0.15) is 32.7 Å². The summed E-state index contributed by atoms with van der Waals surface area (Å²) in [7, 11) is 0. The number of Topliss-reactive ketones (excluding diaryl/α,β-unsaturated/α-hetero) is 1. The number of allylic oxidation sites excluding steroid dienone is 1. The first-order valence-electron chi connectivity index (χ1n) is 8.95. The number of H-pyrrole nitrogens is 1. The molecule has 2 aromatic carbocycles. The molecule has 0 atom stereocenters. The first kappa shape index (κ1) is 17.8. The van der Waals surface area contributed by atoms with E-state index in [9.17, 15) is 9.59 Å². The minimum Gasteiger partial charge on any atom is -0.454 e. The Hall–Kier alpha value is -3.60. The van der Waals surface area contributed by atoms with Gasteiger partial charge in [-0.25, -0.2) is 0 Å². The molecule has 0 radical (unpaired) electrons. The molecule has 1 aliphatic rings. The molecule has 5 nitrogen and oxygen atoms in total. The van der Waals surface area contributed by atoms with Crippen LogP contribution in [0.15, 0.2) is 59.4 Å². The lowest BCUT2D eigenvalue weighted by atomic mass is 9.93. The number of hydrogen-bond donors (Lipinski definition) is 1. The zero-order valence-corrected chi connectivity index (χ0v) is 15.6. The Morgan fingerprint density at radius 1 is 1.00 bits per heavy atom. The smallest absolute Gasteiger partial charge is 0.259 e. The molecule has 140 valence electrons. The summed E-state index contributed by atoms with van der Waals surface area (Å²) in [5, 5.41) is 0. The SMILES string of the molecule is Cc1cc(C)c(C(=O)C(=Cc2ccc3c(c2)OCO3)c2ccccc2)c(=O)[nH]1. The van der Waals surface area contributed by atoms with Crippen LogP contribution < -0.4 is 15.0 Å². The minimum atomic E-state index is -0.380. The van der Waals surface area contributed by atoms with Crippen LogP contribution in [0.3, 0.4) is 0 Å². The summed E-state index contributed by atoms with van der Waals surface area (Å²) in [5.74, 6) is 0.996. The molecule has 0 saturated carbocycles. The van der Waals surface area contributed by atoms with Gasteiger partial charge in [-0.05, 0) is 54.8 Å². The Balaban J connectivity index is 1.86. The van der Waals surface area contributed by atoms with Gasteiger partial charge in [0.1, 0.15) is 0 Å². The number of nitrogens with one attached hydrogen (secondary N) is 1. The fourth-order valence-corrected chi connectivity index (χ4v) is 3.34. The Labute approximate surface area is 162 Å². The van der Waals surface area contributed by atoms with Crippen molar-refractivity contribution < 1.29 is 14.3 Å². The largest absolute Gasteiger partial charge is 0.454 e. The summed E-state index contributed by atoms with van der Waals surface area (Å²) in [6.45, 7) is 3.76. The van der Waals surface area contributed by atoms with E-state index in [1.54, 1.807) is 26.0 Å². The molecule has 5 heteroatoms. The second kappa shape index (κ2) is 7.19. The molecule has 0 amide bonds. The number of ketones is 1. The average molecular weight is 373 g/mol. The molecule has 0 spiro atoms. The van der Waals surface area contributed by atoms with E-state index in [-0.39, 0.29) is 23.7 Å². The molecule has 0 bridgehead atoms. The molecule has 1 N–H and O–H groups in total. The van der Waals surface area contributed by atoms with Crippen molar-refractivity contribution in [3.63, 3.8) is 0 Å². The summed E-state index contributed by atoms with van der Waals surface area (Å²) in [6.07, 6.45) is 1.78. The second-order valence-corrected chi connectivity index (χ2v) is 6.71. The van der Waals surface area contributed by atoms with Gasteiger partial charge in [0.15, 0.2) is 17.3 Å². The van der Waals surface area contributed by atoms with Crippen LogP contribution in [0.5, 0.6) is 11.5 Å². The van der Waals surface area contributed by atoms with Crippen molar-refractivity contribution in [1.82, 2.24) is 4.98 Å². The zero-order chi connectivity index (χ0) is 19.7. The van der Waals surface area contributed by atoms with Crippen molar-refractivity contribution >= 4 is 17.4 Å². The predicted octanol–water partition coefficient (Wildman–Crippen LogP) is 4.14. The first-order chi connectivity index (χ1) is 13.5. The van der Waals surface area contributed by atoms with E-state index in [4.69, 9.17) is 9.47 Å². The van der Waals surface area contributed by atoms with Gasteiger partial charge in [0.05, 0.1) is 5.56 Å². The average Bonchev–Trinajstić information content (AvgIpc) is 3.13. The molecule has 28 heavy (non-hydrogen) atoms. The first-order valence-corrected chi connectivity index (χ1v) is 8.95. The molecule has 4 rings (SSSR count). The number of rotatable bonds is 4. The number of carbonyl (C=O) groups is 1. The molecule has 0 saturated heterocycles. The number of aromatic amines is 1. The maximum absolute atomic E-state index is 13.4. The van der Waals surface area contributed by atoms with Gasteiger partial charge in [-0.15, -0.1) is 0 Å². The quantitative estimate of drug-likeness (QED) is 0.424. The lowest BCUT2D eigenvalue weighted by Gasteiger charge is -2.10. The summed E-state index contributed by atoms with van der Waals surface area (Å²) < 4.78 is 10.8. The third-order valence-electron chi connectivity index (χ3n) is 4.63. The molecule has 0 unspecified atom stereocenters. The van der Waals surface area contributed by atoms with Crippen LogP contribution >= 0.6 is 0 Å². The third kappa shape index (κ3) is 3.34. The predicted molar refractivity (Wildman–Crippen MR) is 108 cm³/mol. The highest BCUT2D eigenvalue weighted by atomic mass is 16.7. The fraction of sp³-hybridized carbons (Fsp3) is 0.130. The molecule has 0 aliphatic carbocycles. The van der Waals surface area contributed by atoms with Crippen LogP contribution in [-0.2, 0) is 0 Å². The number of fused-ring (bicyclic) bond motifs is 1. The van der Waals surface area contributed by atoms with Crippen LogP contribution in [0.25, 0.3) is 11.6 Å². The number of benzene rings is 2. The number of aryl methyl sites for hydroxylation is 2. The van der Waals surface area contributed by atoms with Gasteiger partial charge in [-0.1, -0.05) is 36.4 Å². The van der Waals surface area contributed by atoms with Crippen molar-refractivity contribution in [3.8, 4) is 11.5 Å². The van der Waals surface area contributed by atoms with Crippen molar-refractivity contribution in [3.05, 3.63) is 92.9 Å². The molecular weight excluding hydrogens is 354 g/mol. The van der Waals surface area contributed by atoms with E-state index in [2.05, 4.69) is 4.98 Å². The van der Waals surface area contributed by atoms with Gasteiger partial charge in [0.2, 0.25) is 6.79 Å². The van der Waals surface area contributed by atoms with Crippen molar-refractivity contribution in [2.45, 2.75) is 13.8 Å². The van der Waals surface area contributed by atoms with Crippen molar-refractivity contribution in [2.24, 2.45) is 0 Å². The molecule has 3 aromatic rings. The van der Waals surface area contributed by atoms with E-state index in [0.29, 0.717) is 22.6 Å². The van der Waals surface area contributed by atoms with Crippen molar-refractivity contribution in [1.29, 1.82) is 0 Å². The third-order valence-corrected chi connectivity index (χ3v) is 4.63. The van der Waals surface area contributed by atoms with Gasteiger partial charge < -0.3 is 14.5 Å². The number of ether oxygens (including phenoxy) is 2. The second-order valence-electron chi connectivity index (χ2n) is 6.71. The van der Waals surface area contributed by atoms with Gasteiger partial charge in [0.25, 0.3) is 5.56 Å². The van der Waals surface area contributed by atoms with E-state index < -0.39 is 0 Å². The zero-order valence-electron chi connectivity index (χ0n) is 15.6. The Bertz CT molecular complexity index is 1140. The normalized spacial score (nSPS) is 12.9. The van der Waals surface area contributed by atoms with Crippen molar-refractivity contribution in [2.75, 3.05) is 6.79 Å². The standard InChI is InChI=1S/C23H19NO4/c1-14-10-15(2)24-23(26)21(14)22(25)18(17-6-4-3-5-7-17)11-16-8-9-19-20(12-16)28-13-27-19/h3-12H,13H2,1-2H3,(H,24,26). The Morgan fingerprint density at radius 2 is 1.75 bits per heavy atom. The molecular formula is C23H19NO4. The van der Waals surface area contributed by atoms with Gasteiger partial charge in [0, 0.05) is 11.3 Å². The topological polar surface area (TPSA) is 68.4 Å². The lowest BCUT2D eigenvalue weighted by molar-refractivity contribution is 0.105. The summed E-state index contributed by atoms with van der Waals surface area (Å²) in [5.41, 5.74) is 3.12. The monoisotopic (exact) mass is 373 g/mol. The van der Waals surface area contributed by atoms with E-state index in [1.807, 2.05) is 48.5 Å². The van der Waals surface area contributed by atoms with E-state index in [1.165, 1.54) is 0 Å². The van der Waals surface area contributed by atoms with Gasteiger partial charge in [-0.2, -0.15) is 0 Å². The molecule has 1 aromatic heterocycles. The number of aromatic nitrogens is 1. The van der Waals surface area contributed by atoms with Crippen LogP contribution in [-0.4, -0.2) is 17.6 Å². The number of carbonyl (C=O) groups excluding carboxylic acids is 1. The lowest BCUT2D eigenvalue weighted by Crippen LogP contribution is -2.21. The van der Waals surface area contributed by atoms with E-state index in [0.717, 1.165) is 16.8 Å². The highest BCUT2D eigenvalue weighted by molar-refractivity contribution is 6.32. The summed E-state index contributed by atoms with van der Waals surface area (Å²) in [4.78, 5) is 28.6. The highest BCUT2D eigenvalue weighted by Crippen LogP contribution is 2.34. The van der Waals surface area contributed by atoms with Gasteiger partial charge >= 0.3 is 0 Å². The van der Waals surface area contributed by atoms with Crippen LogP contribution in [0, 0.1) is 13.8 Å². The maximum Gasteiger partial charge on any atom is 0.259 e.